The Bertz CT molecular complexity index is 299. The third kappa shape index (κ3) is 3.14. The minimum Gasteiger partial charge on any atom is -0.345 e. The van der Waals surface area contributed by atoms with E-state index in [0.717, 1.165) is 17.9 Å². The molecule has 1 aromatic rings. The van der Waals surface area contributed by atoms with E-state index in [4.69, 9.17) is 5.73 Å². The summed E-state index contributed by atoms with van der Waals surface area (Å²) < 4.78 is 0. The van der Waals surface area contributed by atoms with Crippen LogP contribution >= 0.6 is 0 Å². The second-order valence-electron chi connectivity index (χ2n) is 5.66. The average Bonchev–Trinajstić information content (AvgIpc) is 2.29. The van der Waals surface area contributed by atoms with E-state index in [1.54, 1.807) is 0 Å². The van der Waals surface area contributed by atoms with Crippen molar-refractivity contribution >= 4 is 0 Å². The first-order valence-electron chi connectivity index (χ1n) is 5.02. The lowest BCUT2D eigenvalue weighted by Gasteiger charge is -2.17. The van der Waals surface area contributed by atoms with Gasteiger partial charge in [-0.1, -0.05) is 20.8 Å². The minimum atomic E-state index is -0.201. The van der Waals surface area contributed by atoms with Crippen LogP contribution in [0.5, 0.6) is 0 Å². The molecule has 3 N–H and O–H groups in total. The summed E-state index contributed by atoms with van der Waals surface area (Å²) in [5, 5.41) is 0. The van der Waals surface area contributed by atoms with Gasteiger partial charge in [0.25, 0.3) is 0 Å². The molecule has 0 aliphatic heterocycles. The lowest BCUT2D eigenvalue weighted by atomic mass is 9.93. The normalized spacial score (nSPS) is 13.3. The van der Waals surface area contributed by atoms with Gasteiger partial charge in [-0.05, 0) is 13.8 Å². The highest BCUT2D eigenvalue weighted by atomic mass is 14.9. The van der Waals surface area contributed by atoms with Crippen LogP contribution in [-0.4, -0.2) is 15.5 Å². The number of aromatic amines is 1. The predicted octanol–water partition coefficient (Wildman–Crippen LogP) is 1.99. The standard InChI is InChI=1S/C11H21N3/c1-10(2,3)8-7-13-9(14-8)6-11(4,5)12/h7H,6,12H2,1-5H3,(H,13,14). The van der Waals surface area contributed by atoms with Gasteiger partial charge in [0, 0.05) is 29.3 Å². The number of nitrogens with zero attached hydrogens (tertiary/aromatic N) is 1. The Morgan fingerprint density at radius 3 is 2.21 bits per heavy atom. The summed E-state index contributed by atoms with van der Waals surface area (Å²) in [4.78, 5) is 7.65. The molecule has 14 heavy (non-hydrogen) atoms. The third-order valence-corrected chi connectivity index (χ3v) is 2.06. The molecule has 0 aliphatic carbocycles. The second kappa shape index (κ2) is 3.39. The van der Waals surface area contributed by atoms with Gasteiger partial charge in [0.2, 0.25) is 0 Å². The maximum atomic E-state index is 5.93. The van der Waals surface area contributed by atoms with Gasteiger partial charge in [-0.3, -0.25) is 0 Å². The Labute approximate surface area is 86.1 Å². The molecular weight excluding hydrogens is 174 g/mol. The van der Waals surface area contributed by atoms with Crippen LogP contribution in [0.1, 0.15) is 46.1 Å². The summed E-state index contributed by atoms with van der Waals surface area (Å²) in [6.07, 6.45) is 2.68. The first kappa shape index (κ1) is 11.2. The lowest BCUT2D eigenvalue weighted by molar-refractivity contribution is 0.501. The van der Waals surface area contributed by atoms with Gasteiger partial charge in [-0.25, -0.2) is 4.98 Å². The van der Waals surface area contributed by atoms with Gasteiger partial charge in [-0.15, -0.1) is 0 Å². The van der Waals surface area contributed by atoms with Crippen LogP contribution in [0.15, 0.2) is 6.20 Å². The number of rotatable bonds is 2. The van der Waals surface area contributed by atoms with Crippen molar-refractivity contribution in [3.63, 3.8) is 0 Å². The Balaban J connectivity index is 2.79. The van der Waals surface area contributed by atoms with Crippen molar-refractivity contribution in [2.75, 3.05) is 0 Å². The van der Waals surface area contributed by atoms with Crippen LogP contribution in [-0.2, 0) is 11.8 Å². The smallest absolute Gasteiger partial charge is 0.108 e. The summed E-state index contributed by atoms with van der Waals surface area (Å²) in [5.74, 6) is 0.974. The molecule has 1 rings (SSSR count). The van der Waals surface area contributed by atoms with Crippen LogP contribution in [0.25, 0.3) is 0 Å². The maximum absolute atomic E-state index is 5.93. The molecule has 0 bridgehead atoms. The molecule has 0 unspecified atom stereocenters. The second-order valence-corrected chi connectivity index (χ2v) is 5.66. The third-order valence-electron chi connectivity index (χ3n) is 2.06. The highest BCUT2D eigenvalue weighted by molar-refractivity contribution is 5.12. The molecule has 0 atom stereocenters. The predicted molar refractivity (Wildman–Crippen MR) is 59.3 cm³/mol. The van der Waals surface area contributed by atoms with E-state index in [0.29, 0.717) is 0 Å². The molecule has 0 aliphatic rings. The Kier molecular flexibility index (Phi) is 2.72. The molecular formula is C11H21N3. The Morgan fingerprint density at radius 1 is 1.29 bits per heavy atom. The molecule has 0 spiro atoms. The van der Waals surface area contributed by atoms with Gasteiger partial charge in [0.1, 0.15) is 5.82 Å². The van der Waals surface area contributed by atoms with E-state index in [2.05, 4.69) is 30.7 Å². The minimum absolute atomic E-state index is 0.129. The fraction of sp³-hybridized carbons (Fsp3) is 0.727. The highest BCUT2D eigenvalue weighted by Crippen LogP contribution is 2.20. The van der Waals surface area contributed by atoms with E-state index >= 15 is 0 Å². The topological polar surface area (TPSA) is 54.7 Å². The molecule has 0 saturated heterocycles. The summed E-state index contributed by atoms with van der Waals surface area (Å²) in [5.41, 5.74) is 7.02. The fourth-order valence-electron chi connectivity index (χ4n) is 1.27. The van der Waals surface area contributed by atoms with Crippen LogP contribution < -0.4 is 5.73 Å². The number of hydrogen-bond acceptors (Lipinski definition) is 2. The van der Waals surface area contributed by atoms with E-state index < -0.39 is 0 Å². The van der Waals surface area contributed by atoms with Crippen molar-refractivity contribution in [2.45, 2.75) is 52.0 Å². The lowest BCUT2D eigenvalue weighted by Crippen LogP contribution is -2.34. The number of imidazole rings is 1. The first-order valence-corrected chi connectivity index (χ1v) is 5.02. The van der Waals surface area contributed by atoms with Crippen molar-refractivity contribution in [1.29, 1.82) is 0 Å². The quantitative estimate of drug-likeness (QED) is 0.758. The van der Waals surface area contributed by atoms with Gasteiger partial charge >= 0.3 is 0 Å². The summed E-state index contributed by atoms with van der Waals surface area (Å²) in [6.45, 7) is 10.5. The van der Waals surface area contributed by atoms with Gasteiger partial charge in [0.05, 0.1) is 0 Å². The molecule has 0 aromatic carbocycles. The van der Waals surface area contributed by atoms with E-state index in [-0.39, 0.29) is 11.0 Å². The molecule has 80 valence electrons. The first-order chi connectivity index (χ1) is 6.18. The van der Waals surface area contributed by atoms with Crippen molar-refractivity contribution in [1.82, 2.24) is 9.97 Å². The monoisotopic (exact) mass is 195 g/mol. The number of H-pyrrole nitrogens is 1. The highest BCUT2D eigenvalue weighted by Gasteiger charge is 2.19. The zero-order chi connectivity index (χ0) is 11.0. The van der Waals surface area contributed by atoms with E-state index in [9.17, 15) is 0 Å². The Morgan fingerprint density at radius 2 is 1.86 bits per heavy atom. The fourth-order valence-corrected chi connectivity index (χ4v) is 1.27. The number of aromatic nitrogens is 2. The molecule has 0 radical (unpaired) electrons. The average molecular weight is 195 g/mol. The Hall–Kier alpha value is -0.830. The van der Waals surface area contributed by atoms with Gasteiger partial charge < -0.3 is 10.7 Å². The van der Waals surface area contributed by atoms with E-state index in [1.165, 1.54) is 0 Å². The molecule has 1 heterocycles. The van der Waals surface area contributed by atoms with Crippen LogP contribution in [0, 0.1) is 0 Å². The SMILES string of the molecule is CC(C)(N)Cc1ncc(C(C)(C)C)[nH]1. The zero-order valence-electron chi connectivity index (χ0n) is 9.81. The number of nitrogens with two attached hydrogens (primary N) is 1. The van der Waals surface area contributed by atoms with E-state index in [1.807, 2.05) is 20.0 Å². The van der Waals surface area contributed by atoms with Crippen LogP contribution in [0.3, 0.4) is 0 Å². The van der Waals surface area contributed by atoms with Crippen molar-refractivity contribution in [3.8, 4) is 0 Å². The van der Waals surface area contributed by atoms with Crippen molar-refractivity contribution < 1.29 is 0 Å². The summed E-state index contributed by atoms with van der Waals surface area (Å²) in [7, 11) is 0. The molecule has 3 heteroatoms. The zero-order valence-corrected chi connectivity index (χ0v) is 9.81. The number of nitrogens with one attached hydrogen (secondary N) is 1. The molecule has 3 nitrogen and oxygen atoms in total. The van der Waals surface area contributed by atoms with Gasteiger partial charge in [0.15, 0.2) is 0 Å². The van der Waals surface area contributed by atoms with Crippen molar-refractivity contribution in [3.05, 3.63) is 17.7 Å². The van der Waals surface area contributed by atoms with Crippen molar-refractivity contribution in [2.24, 2.45) is 5.73 Å². The molecule has 0 fully saturated rings. The largest absolute Gasteiger partial charge is 0.345 e. The number of hydrogen-bond donors (Lipinski definition) is 2. The molecule has 0 saturated carbocycles. The maximum Gasteiger partial charge on any atom is 0.108 e. The van der Waals surface area contributed by atoms with Gasteiger partial charge in [-0.2, -0.15) is 0 Å². The van der Waals surface area contributed by atoms with Crippen LogP contribution in [0.2, 0.25) is 0 Å². The van der Waals surface area contributed by atoms with Crippen LogP contribution in [0.4, 0.5) is 0 Å². The summed E-state index contributed by atoms with van der Waals surface area (Å²) in [6, 6.07) is 0. The molecule has 0 amide bonds. The molecule has 1 aromatic heterocycles. The summed E-state index contributed by atoms with van der Waals surface area (Å²) >= 11 is 0.